The SMILES string of the molecule is NC(=S)C1(C(=O)NCCC(=O)N2CCCC2)CC1. The molecule has 5 nitrogen and oxygen atoms in total. The zero-order valence-electron chi connectivity index (χ0n) is 10.4. The van der Waals surface area contributed by atoms with Crippen LogP contribution in [0.15, 0.2) is 0 Å². The third-order valence-electron chi connectivity index (χ3n) is 3.74. The molecule has 0 spiro atoms. The largest absolute Gasteiger partial charge is 0.392 e. The van der Waals surface area contributed by atoms with Gasteiger partial charge in [0.25, 0.3) is 0 Å². The van der Waals surface area contributed by atoms with Crippen molar-refractivity contribution in [3.63, 3.8) is 0 Å². The molecule has 0 radical (unpaired) electrons. The Kier molecular flexibility index (Phi) is 3.85. The van der Waals surface area contributed by atoms with Gasteiger partial charge in [-0.3, -0.25) is 9.59 Å². The third kappa shape index (κ3) is 2.63. The minimum Gasteiger partial charge on any atom is -0.392 e. The van der Waals surface area contributed by atoms with Crippen molar-refractivity contribution >= 4 is 29.0 Å². The van der Waals surface area contributed by atoms with E-state index in [1.54, 1.807) is 0 Å². The van der Waals surface area contributed by atoms with Crippen molar-refractivity contribution in [3.8, 4) is 0 Å². The van der Waals surface area contributed by atoms with E-state index >= 15 is 0 Å². The molecule has 2 aliphatic rings. The lowest BCUT2D eigenvalue weighted by Crippen LogP contribution is -2.41. The van der Waals surface area contributed by atoms with Gasteiger partial charge in [0.1, 0.15) is 0 Å². The summed E-state index contributed by atoms with van der Waals surface area (Å²) in [6.07, 6.45) is 3.99. The molecule has 100 valence electrons. The molecule has 2 amide bonds. The smallest absolute Gasteiger partial charge is 0.233 e. The Labute approximate surface area is 112 Å². The summed E-state index contributed by atoms with van der Waals surface area (Å²) in [6.45, 7) is 2.08. The average Bonchev–Trinajstić information content (AvgIpc) is 2.97. The summed E-state index contributed by atoms with van der Waals surface area (Å²) < 4.78 is 0. The second-order valence-corrected chi connectivity index (χ2v) is 5.48. The minimum absolute atomic E-state index is 0.118. The van der Waals surface area contributed by atoms with Gasteiger partial charge in [-0.1, -0.05) is 12.2 Å². The average molecular weight is 269 g/mol. The lowest BCUT2D eigenvalue weighted by Gasteiger charge is -2.16. The molecule has 6 heteroatoms. The fraction of sp³-hybridized carbons (Fsp3) is 0.750. The Morgan fingerprint density at radius 2 is 1.89 bits per heavy atom. The minimum atomic E-state index is -0.619. The summed E-state index contributed by atoms with van der Waals surface area (Å²) in [6, 6.07) is 0. The molecule has 1 saturated carbocycles. The van der Waals surface area contributed by atoms with E-state index in [9.17, 15) is 9.59 Å². The van der Waals surface area contributed by atoms with Crippen LogP contribution >= 0.6 is 12.2 Å². The molecule has 1 aliphatic carbocycles. The summed E-state index contributed by atoms with van der Waals surface area (Å²) in [5, 5.41) is 2.77. The predicted molar refractivity (Wildman–Crippen MR) is 71.9 cm³/mol. The first-order valence-electron chi connectivity index (χ1n) is 6.42. The quantitative estimate of drug-likeness (QED) is 0.698. The maximum atomic E-state index is 11.9. The van der Waals surface area contributed by atoms with Crippen molar-refractivity contribution in [2.24, 2.45) is 11.1 Å². The van der Waals surface area contributed by atoms with E-state index in [1.807, 2.05) is 4.90 Å². The number of hydrogen-bond acceptors (Lipinski definition) is 3. The van der Waals surface area contributed by atoms with Crippen molar-refractivity contribution in [2.75, 3.05) is 19.6 Å². The number of carbonyl (C=O) groups excluding carboxylic acids is 2. The van der Waals surface area contributed by atoms with Gasteiger partial charge >= 0.3 is 0 Å². The fourth-order valence-electron chi connectivity index (χ4n) is 2.29. The van der Waals surface area contributed by atoms with Crippen LogP contribution in [0.4, 0.5) is 0 Å². The number of thiocarbonyl (C=S) groups is 1. The number of amides is 2. The van der Waals surface area contributed by atoms with Crippen molar-refractivity contribution in [1.29, 1.82) is 0 Å². The van der Waals surface area contributed by atoms with E-state index < -0.39 is 5.41 Å². The lowest BCUT2D eigenvalue weighted by molar-refractivity contribution is -0.130. The van der Waals surface area contributed by atoms with Crippen LogP contribution in [0.25, 0.3) is 0 Å². The van der Waals surface area contributed by atoms with Gasteiger partial charge in [-0.25, -0.2) is 0 Å². The lowest BCUT2D eigenvalue weighted by atomic mass is 10.1. The van der Waals surface area contributed by atoms with Crippen LogP contribution in [-0.4, -0.2) is 41.3 Å². The molecule has 0 bridgehead atoms. The fourth-order valence-corrected chi connectivity index (χ4v) is 2.58. The monoisotopic (exact) mass is 269 g/mol. The van der Waals surface area contributed by atoms with Crippen LogP contribution in [-0.2, 0) is 9.59 Å². The summed E-state index contributed by atoms with van der Waals surface area (Å²) in [4.78, 5) is 25.7. The number of nitrogens with one attached hydrogen (secondary N) is 1. The molecule has 0 unspecified atom stereocenters. The molecule has 0 aromatic rings. The summed E-state index contributed by atoms with van der Waals surface area (Å²) >= 11 is 4.90. The van der Waals surface area contributed by atoms with Gasteiger partial charge < -0.3 is 16.0 Å². The van der Waals surface area contributed by atoms with Crippen LogP contribution < -0.4 is 11.1 Å². The van der Waals surface area contributed by atoms with Gasteiger partial charge in [0.15, 0.2) is 0 Å². The molecular formula is C12H19N3O2S. The predicted octanol–water partition coefficient (Wildman–Crippen LogP) is 0.181. The van der Waals surface area contributed by atoms with Crippen LogP contribution in [0.3, 0.4) is 0 Å². The van der Waals surface area contributed by atoms with Crippen molar-refractivity contribution in [1.82, 2.24) is 10.2 Å². The van der Waals surface area contributed by atoms with Crippen molar-refractivity contribution in [2.45, 2.75) is 32.1 Å². The van der Waals surface area contributed by atoms with E-state index in [2.05, 4.69) is 5.32 Å². The van der Waals surface area contributed by atoms with Gasteiger partial charge in [0.2, 0.25) is 11.8 Å². The van der Waals surface area contributed by atoms with Gasteiger partial charge in [-0.05, 0) is 25.7 Å². The Morgan fingerprint density at radius 3 is 2.39 bits per heavy atom. The van der Waals surface area contributed by atoms with E-state index in [0.29, 0.717) is 13.0 Å². The van der Waals surface area contributed by atoms with Crippen LogP contribution in [0, 0.1) is 5.41 Å². The van der Waals surface area contributed by atoms with Crippen molar-refractivity contribution in [3.05, 3.63) is 0 Å². The second kappa shape index (κ2) is 5.22. The number of nitrogens with two attached hydrogens (primary N) is 1. The summed E-state index contributed by atoms with van der Waals surface area (Å²) in [5.41, 5.74) is 4.94. The summed E-state index contributed by atoms with van der Waals surface area (Å²) in [5.74, 6) is -0.00260. The van der Waals surface area contributed by atoms with E-state index in [-0.39, 0.29) is 16.8 Å². The number of hydrogen-bond donors (Lipinski definition) is 2. The molecular weight excluding hydrogens is 250 g/mol. The number of likely N-dealkylation sites (tertiary alicyclic amines) is 1. The summed E-state index contributed by atoms with van der Waals surface area (Å²) in [7, 11) is 0. The van der Waals surface area contributed by atoms with Gasteiger partial charge in [0, 0.05) is 26.1 Å². The molecule has 0 aromatic carbocycles. The normalized spacial score (nSPS) is 20.6. The zero-order chi connectivity index (χ0) is 13.2. The highest BCUT2D eigenvalue weighted by Gasteiger charge is 2.52. The first-order chi connectivity index (χ1) is 8.56. The van der Waals surface area contributed by atoms with Gasteiger partial charge in [0.05, 0.1) is 10.4 Å². The van der Waals surface area contributed by atoms with E-state index in [4.69, 9.17) is 18.0 Å². The number of nitrogens with zero attached hydrogens (tertiary/aromatic N) is 1. The molecule has 1 aliphatic heterocycles. The van der Waals surface area contributed by atoms with Crippen LogP contribution in [0.5, 0.6) is 0 Å². The van der Waals surface area contributed by atoms with Crippen LogP contribution in [0.1, 0.15) is 32.1 Å². The van der Waals surface area contributed by atoms with E-state index in [0.717, 1.165) is 38.8 Å². The molecule has 0 aromatic heterocycles. The zero-order valence-corrected chi connectivity index (χ0v) is 11.2. The molecule has 3 N–H and O–H groups in total. The molecule has 1 saturated heterocycles. The van der Waals surface area contributed by atoms with Crippen molar-refractivity contribution < 1.29 is 9.59 Å². The maximum Gasteiger partial charge on any atom is 0.233 e. The third-order valence-corrected chi connectivity index (χ3v) is 4.13. The highest BCUT2D eigenvalue weighted by Crippen LogP contribution is 2.46. The Hall–Kier alpha value is -1.17. The second-order valence-electron chi connectivity index (χ2n) is 5.04. The van der Waals surface area contributed by atoms with Gasteiger partial charge in [-0.2, -0.15) is 0 Å². The van der Waals surface area contributed by atoms with E-state index in [1.165, 1.54) is 0 Å². The molecule has 0 atom stereocenters. The number of rotatable bonds is 5. The maximum absolute atomic E-state index is 11.9. The Bertz CT molecular complexity index is 374. The van der Waals surface area contributed by atoms with Gasteiger partial charge in [-0.15, -0.1) is 0 Å². The first-order valence-corrected chi connectivity index (χ1v) is 6.83. The molecule has 18 heavy (non-hydrogen) atoms. The highest BCUT2D eigenvalue weighted by atomic mass is 32.1. The molecule has 2 fully saturated rings. The molecule has 2 rings (SSSR count). The standard InChI is InChI=1S/C12H19N3O2S/c13-10(18)12(4-5-12)11(17)14-6-3-9(16)15-7-1-2-8-15/h1-8H2,(H2,13,18)(H,14,17). The molecule has 1 heterocycles. The Balaban J connectivity index is 1.71. The topological polar surface area (TPSA) is 75.4 Å². The van der Waals surface area contributed by atoms with Crippen LogP contribution in [0.2, 0.25) is 0 Å². The number of carbonyl (C=O) groups is 2. The first kappa shape index (κ1) is 13.3. The Morgan fingerprint density at radius 1 is 1.28 bits per heavy atom. The highest BCUT2D eigenvalue weighted by molar-refractivity contribution is 7.80.